The molecule has 0 bridgehead atoms. The maximum atomic E-state index is 11.2. The standard InChI is InChI=1S/C10H21N3O/c1-3-12-10(14)4-6-13-7-5-11-8-9(13)2/h9,11H,3-8H2,1-2H3,(H,12,14). The Morgan fingerprint density at radius 2 is 2.43 bits per heavy atom. The van der Waals surface area contributed by atoms with Crippen molar-refractivity contribution < 1.29 is 4.79 Å². The van der Waals surface area contributed by atoms with Crippen molar-refractivity contribution in [3.63, 3.8) is 0 Å². The predicted molar refractivity (Wildman–Crippen MR) is 57.2 cm³/mol. The normalized spacial score (nSPS) is 23.4. The highest BCUT2D eigenvalue weighted by Crippen LogP contribution is 2.02. The van der Waals surface area contributed by atoms with E-state index in [1.54, 1.807) is 0 Å². The van der Waals surface area contributed by atoms with Gasteiger partial charge in [0.2, 0.25) is 5.91 Å². The Bertz CT molecular complexity index is 184. The van der Waals surface area contributed by atoms with Crippen LogP contribution in [0, 0.1) is 0 Å². The van der Waals surface area contributed by atoms with E-state index in [-0.39, 0.29) is 5.91 Å². The van der Waals surface area contributed by atoms with E-state index >= 15 is 0 Å². The molecule has 82 valence electrons. The molecule has 14 heavy (non-hydrogen) atoms. The van der Waals surface area contributed by atoms with Crippen molar-refractivity contribution in [2.75, 3.05) is 32.7 Å². The fraction of sp³-hybridized carbons (Fsp3) is 0.900. The number of amides is 1. The summed E-state index contributed by atoms with van der Waals surface area (Å²) < 4.78 is 0. The first kappa shape index (κ1) is 11.5. The van der Waals surface area contributed by atoms with Crippen molar-refractivity contribution in [1.82, 2.24) is 15.5 Å². The van der Waals surface area contributed by atoms with Crippen molar-refractivity contribution in [2.24, 2.45) is 0 Å². The van der Waals surface area contributed by atoms with E-state index in [2.05, 4.69) is 22.5 Å². The highest BCUT2D eigenvalue weighted by Gasteiger charge is 2.17. The summed E-state index contributed by atoms with van der Waals surface area (Å²) in [5, 5.41) is 6.15. The molecule has 1 aliphatic heterocycles. The SMILES string of the molecule is CCNC(=O)CCN1CCNCC1C. The average molecular weight is 199 g/mol. The molecular formula is C10H21N3O. The summed E-state index contributed by atoms with van der Waals surface area (Å²) in [5.74, 6) is 0.165. The van der Waals surface area contributed by atoms with Crippen LogP contribution in [0.15, 0.2) is 0 Å². The van der Waals surface area contributed by atoms with Gasteiger partial charge in [0.1, 0.15) is 0 Å². The van der Waals surface area contributed by atoms with E-state index in [1.165, 1.54) is 0 Å². The van der Waals surface area contributed by atoms with Crippen LogP contribution >= 0.6 is 0 Å². The molecule has 1 amide bonds. The van der Waals surface area contributed by atoms with Crippen molar-refractivity contribution in [3.8, 4) is 0 Å². The zero-order chi connectivity index (χ0) is 10.4. The molecule has 1 atom stereocenters. The zero-order valence-corrected chi connectivity index (χ0v) is 9.18. The second-order valence-electron chi connectivity index (χ2n) is 3.79. The minimum atomic E-state index is 0.165. The van der Waals surface area contributed by atoms with Gasteiger partial charge in [-0.2, -0.15) is 0 Å². The van der Waals surface area contributed by atoms with Gasteiger partial charge in [0, 0.05) is 45.2 Å². The summed E-state index contributed by atoms with van der Waals surface area (Å²) in [6, 6.07) is 0.554. The molecule has 0 saturated carbocycles. The van der Waals surface area contributed by atoms with Crippen LogP contribution < -0.4 is 10.6 Å². The number of nitrogens with one attached hydrogen (secondary N) is 2. The number of carbonyl (C=O) groups is 1. The molecule has 1 unspecified atom stereocenters. The first-order chi connectivity index (χ1) is 6.74. The lowest BCUT2D eigenvalue weighted by atomic mass is 10.2. The largest absolute Gasteiger partial charge is 0.356 e. The van der Waals surface area contributed by atoms with Crippen LogP contribution in [0.25, 0.3) is 0 Å². The van der Waals surface area contributed by atoms with Crippen molar-refractivity contribution in [2.45, 2.75) is 26.3 Å². The van der Waals surface area contributed by atoms with Gasteiger partial charge in [0.15, 0.2) is 0 Å². The third kappa shape index (κ3) is 3.64. The van der Waals surface area contributed by atoms with Crippen molar-refractivity contribution in [1.29, 1.82) is 0 Å². The first-order valence-electron chi connectivity index (χ1n) is 5.45. The van der Waals surface area contributed by atoms with Gasteiger partial charge >= 0.3 is 0 Å². The van der Waals surface area contributed by atoms with Gasteiger partial charge in [-0.1, -0.05) is 0 Å². The van der Waals surface area contributed by atoms with E-state index in [0.717, 1.165) is 32.7 Å². The number of carbonyl (C=O) groups excluding carboxylic acids is 1. The molecular weight excluding hydrogens is 178 g/mol. The monoisotopic (exact) mass is 199 g/mol. The van der Waals surface area contributed by atoms with E-state index < -0.39 is 0 Å². The van der Waals surface area contributed by atoms with Crippen LogP contribution in [0.5, 0.6) is 0 Å². The number of hydrogen-bond donors (Lipinski definition) is 2. The smallest absolute Gasteiger partial charge is 0.221 e. The minimum Gasteiger partial charge on any atom is -0.356 e. The van der Waals surface area contributed by atoms with Crippen molar-refractivity contribution in [3.05, 3.63) is 0 Å². The van der Waals surface area contributed by atoms with Crippen LogP contribution in [0.4, 0.5) is 0 Å². The third-order valence-electron chi connectivity index (χ3n) is 2.64. The van der Waals surface area contributed by atoms with Gasteiger partial charge in [-0.15, -0.1) is 0 Å². The van der Waals surface area contributed by atoms with Crippen LogP contribution in [-0.4, -0.2) is 49.6 Å². The minimum absolute atomic E-state index is 0.165. The summed E-state index contributed by atoms with van der Waals surface area (Å²) >= 11 is 0. The molecule has 0 aliphatic carbocycles. The molecule has 1 heterocycles. The van der Waals surface area contributed by atoms with Gasteiger partial charge < -0.3 is 10.6 Å². The predicted octanol–water partition coefficient (Wildman–Crippen LogP) is -0.194. The summed E-state index contributed by atoms with van der Waals surface area (Å²) in [6.45, 7) is 8.90. The highest BCUT2D eigenvalue weighted by molar-refractivity contribution is 5.75. The second kappa shape index (κ2) is 5.98. The third-order valence-corrected chi connectivity index (χ3v) is 2.64. The first-order valence-corrected chi connectivity index (χ1v) is 5.45. The fourth-order valence-electron chi connectivity index (χ4n) is 1.75. The van der Waals surface area contributed by atoms with Crippen LogP contribution in [-0.2, 0) is 4.79 Å². The maximum Gasteiger partial charge on any atom is 0.221 e. The Morgan fingerprint density at radius 3 is 3.07 bits per heavy atom. The summed E-state index contributed by atoms with van der Waals surface area (Å²) in [7, 11) is 0. The molecule has 2 N–H and O–H groups in total. The van der Waals surface area contributed by atoms with Gasteiger partial charge in [-0.3, -0.25) is 9.69 Å². The molecule has 4 nitrogen and oxygen atoms in total. The zero-order valence-electron chi connectivity index (χ0n) is 9.18. The Labute approximate surface area is 86.0 Å². The molecule has 0 aromatic rings. The number of nitrogens with zero attached hydrogens (tertiary/aromatic N) is 1. The average Bonchev–Trinajstić information content (AvgIpc) is 2.17. The quantitative estimate of drug-likeness (QED) is 0.659. The summed E-state index contributed by atoms with van der Waals surface area (Å²) in [5.41, 5.74) is 0. The molecule has 0 aromatic heterocycles. The molecule has 0 radical (unpaired) electrons. The molecule has 1 fully saturated rings. The fourth-order valence-corrected chi connectivity index (χ4v) is 1.75. The number of rotatable bonds is 4. The summed E-state index contributed by atoms with van der Waals surface area (Å²) in [4.78, 5) is 13.6. The lowest BCUT2D eigenvalue weighted by molar-refractivity contribution is -0.121. The molecule has 1 saturated heterocycles. The highest BCUT2D eigenvalue weighted by atomic mass is 16.1. The molecule has 1 rings (SSSR count). The Morgan fingerprint density at radius 1 is 1.64 bits per heavy atom. The van der Waals surface area contributed by atoms with Gasteiger partial charge in [-0.05, 0) is 13.8 Å². The Balaban J connectivity index is 2.19. The molecule has 0 aromatic carbocycles. The van der Waals surface area contributed by atoms with E-state index in [0.29, 0.717) is 12.5 Å². The van der Waals surface area contributed by atoms with Gasteiger partial charge in [-0.25, -0.2) is 0 Å². The number of piperazine rings is 1. The Hall–Kier alpha value is -0.610. The lowest BCUT2D eigenvalue weighted by Gasteiger charge is -2.33. The topological polar surface area (TPSA) is 44.4 Å². The van der Waals surface area contributed by atoms with E-state index in [4.69, 9.17) is 0 Å². The van der Waals surface area contributed by atoms with Gasteiger partial charge in [0.05, 0.1) is 0 Å². The second-order valence-corrected chi connectivity index (χ2v) is 3.79. The molecule has 1 aliphatic rings. The number of hydrogen-bond acceptors (Lipinski definition) is 3. The molecule has 0 spiro atoms. The van der Waals surface area contributed by atoms with E-state index in [1.807, 2.05) is 6.92 Å². The van der Waals surface area contributed by atoms with E-state index in [9.17, 15) is 4.79 Å². The van der Waals surface area contributed by atoms with Crippen LogP contribution in [0.3, 0.4) is 0 Å². The molecule has 4 heteroatoms. The maximum absolute atomic E-state index is 11.2. The van der Waals surface area contributed by atoms with Gasteiger partial charge in [0.25, 0.3) is 0 Å². The Kier molecular flexibility index (Phi) is 4.90. The lowest BCUT2D eigenvalue weighted by Crippen LogP contribution is -2.50. The van der Waals surface area contributed by atoms with Crippen LogP contribution in [0.2, 0.25) is 0 Å². The summed E-state index contributed by atoms with van der Waals surface area (Å²) in [6.07, 6.45) is 0.623. The van der Waals surface area contributed by atoms with Crippen LogP contribution in [0.1, 0.15) is 20.3 Å². The van der Waals surface area contributed by atoms with Crippen molar-refractivity contribution >= 4 is 5.91 Å².